The Morgan fingerprint density at radius 2 is 2.00 bits per heavy atom. The maximum atomic E-state index is 13.5. The molecule has 1 fully saturated rings. The van der Waals surface area contributed by atoms with E-state index in [1.54, 1.807) is 7.05 Å². The van der Waals surface area contributed by atoms with Crippen molar-refractivity contribution in [3.63, 3.8) is 0 Å². The molecule has 0 unspecified atom stereocenters. The highest BCUT2D eigenvalue weighted by Crippen LogP contribution is 2.22. The molecule has 5 heteroatoms. The molecule has 19 heavy (non-hydrogen) atoms. The van der Waals surface area contributed by atoms with E-state index in [-0.39, 0.29) is 6.54 Å². The summed E-state index contributed by atoms with van der Waals surface area (Å²) in [5.74, 6) is -0.873. The molecular formula is C14H19F2NO2. The van der Waals surface area contributed by atoms with Gasteiger partial charge in [-0.3, -0.25) is 4.90 Å². The molecular weight excluding hydrogens is 252 g/mol. The first-order valence-corrected chi connectivity index (χ1v) is 6.41. The normalized spacial score (nSPS) is 18.8. The largest absolute Gasteiger partial charge is 0.388 e. The van der Waals surface area contributed by atoms with Gasteiger partial charge in [0, 0.05) is 44.7 Å². The highest BCUT2D eigenvalue weighted by molar-refractivity contribution is 5.18. The van der Waals surface area contributed by atoms with Crippen molar-refractivity contribution in [3.05, 3.63) is 35.4 Å². The van der Waals surface area contributed by atoms with Crippen LogP contribution < -0.4 is 0 Å². The van der Waals surface area contributed by atoms with E-state index < -0.39 is 17.2 Å². The first kappa shape index (κ1) is 14.4. The number of halogens is 2. The third-order valence-electron chi connectivity index (χ3n) is 3.44. The molecule has 1 aromatic rings. The Bertz CT molecular complexity index is 433. The molecule has 106 valence electrons. The summed E-state index contributed by atoms with van der Waals surface area (Å²) in [6, 6.07) is 3.42. The lowest BCUT2D eigenvalue weighted by Crippen LogP contribution is -2.45. The zero-order chi connectivity index (χ0) is 13.9. The van der Waals surface area contributed by atoms with Gasteiger partial charge in [-0.15, -0.1) is 0 Å². The summed E-state index contributed by atoms with van der Waals surface area (Å²) in [4.78, 5) is 1.81. The summed E-state index contributed by atoms with van der Waals surface area (Å²) in [5, 5.41) is 10.4. The molecule has 2 rings (SSSR count). The van der Waals surface area contributed by atoms with E-state index in [1.165, 1.54) is 6.07 Å². The smallest absolute Gasteiger partial charge is 0.127 e. The minimum atomic E-state index is -0.795. The number of hydrogen-bond donors (Lipinski definition) is 1. The van der Waals surface area contributed by atoms with Crippen LogP contribution in [0.3, 0.4) is 0 Å². The lowest BCUT2D eigenvalue weighted by atomic mass is 9.94. The van der Waals surface area contributed by atoms with Crippen LogP contribution in [0.5, 0.6) is 0 Å². The highest BCUT2D eigenvalue weighted by Gasteiger charge is 2.31. The molecule has 0 atom stereocenters. The summed E-state index contributed by atoms with van der Waals surface area (Å²) in [6.07, 6.45) is 1.14. The fourth-order valence-electron chi connectivity index (χ4n) is 2.42. The van der Waals surface area contributed by atoms with E-state index in [0.29, 0.717) is 38.2 Å². The lowest BCUT2D eigenvalue weighted by molar-refractivity contribution is -0.0778. The summed E-state index contributed by atoms with van der Waals surface area (Å²) in [5.41, 5.74) is -0.491. The van der Waals surface area contributed by atoms with Crippen molar-refractivity contribution in [1.82, 2.24) is 4.90 Å². The topological polar surface area (TPSA) is 32.7 Å². The van der Waals surface area contributed by atoms with Gasteiger partial charge in [0.25, 0.3) is 0 Å². The predicted octanol–water partition coefficient (Wildman–Crippen LogP) is 1.94. The van der Waals surface area contributed by atoms with Crippen LogP contribution in [0.1, 0.15) is 18.4 Å². The predicted molar refractivity (Wildman–Crippen MR) is 67.7 cm³/mol. The van der Waals surface area contributed by atoms with Crippen LogP contribution in [0.25, 0.3) is 0 Å². The Morgan fingerprint density at radius 1 is 1.32 bits per heavy atom. The van der Waals surface area contributed by atoms with Gasteiger partial charge in [-0.1, -0.05) is 0 Å². The van der Waals surface area contributed by atoms with Crippen LogP contribution in [-0.2, 0) is 11.3 Å². The minimum absolute atomic E-state index is 0.271. The van der Waals surface area contributed by atoms with Gasteiger partial charge in [-0.05, 0) is 25.2 Å². The third-order valence-corrected chi connectivity index (χ3v) is 3.44. The molecule has 0 bridgehead atoms. The molecule has 0 radical (unpaired) electrons. The van der Waals surface area contributed by atoms with Gasteiger partial charge in [-0.2, -0.15) is 0 Å². The molecule has 0 amide bonds. The van der Waals surface area contributed by atoms with Gasteiger partial charge in [-0.25, -0.2) is 8.78 Å². The molecule has 0 aromatic heterocycles. The van der Waals surface area contributed by atoms with Crippen molar-refractivity contribution in [2.75, 3.05) is 26.8 Å². The number of benzene rings is 1. The van der Waals surface area contributed by atoms with Crippen LogP contribution >= 0.6 is 0 Å². The number of ether oxygens (including phenoxy) is 1. The van der Waals surface area contributed by atoms with E-state index in [0.717, 1.165) is 12.1 Å². The van der Waals surface area contributed by atoms with E-state index in [1.807, 2.05) is 4.90 Å². The van der Waals surface area contributed by atoms with E-state index >= 15 is 0 Å². The van der Waals surface area contributed by atoms with Crippen molar-refractivity contribution in [2.24, 2.45) is 0 Å². The van der Waals surface area contributed by atoms with E-state index in [4.69, 9.17) is 4.74 Å². The quantitative estimate of drug-likeness (QED) is 0.908. The van der Waals surface area contributed by atoms with Crippen LogP contribution in [-0.4, -0.2) is 42.4 Å². The number of likely N-dealkylation sites (N-methyl/N-ethyl adjacent to an activating group) is 1. The van der Waals surface area contributed by atoms with Gasteiger partial charge in [0.15, 0.2) is 0 Å². The second kappa shape index (κ2) is 5.94. The van der Waals surface area contributed by atoms with E-state index in [2.05, 4.69) is 0 Å². The van der Waals surface area contributed by atoms with Crippen LogP contribution in [0.4, 0.5) is 8.78 Å². The Balaban J connectivity index is 1.96. The van der Waals surface area contributed by atoms with Crippen LogP contribution in [0.2, 0.25) is 0 Å². The van der Waals surface area contributed by atoms with E-state index in [9.17, 15) is 13.9 Å². The Labute approximate surface area is 111 Å². The van der Waals surface area contributed by atoms with Crippen molar-refractivity contribution in [1.29, 1.82) is 0 Å². The molecule has 1 heterocycles. The first-order chi connectivity index (χ1) is 8.98. The van der Waals surface area contributed by atoms with Gasteiger partial charge in [0.05, 0.1) is 5.60 Å². The minimum Gasteiger partial charge on any atom is -0.388 e. The van der Waals surface area contributed by atoms with Gasteiger partial charge in [0.2, 0.25) is 0 Å². The van der Waals surface area contributed by atoms with Crippen molar-refractivity contribution in [3.8, 4) is 0 Å². The standard InChI is InChI=1S/C14H19F2NO2/c1-17(10-14(18)4-6-19-7-5-14)9-11-8-12(15)2-3-13(11)16/h2-3,8,18H,4-7,9-10H2,1H3. The SMILES string of the molecule is CN(Cc1cc(F)ccc1F)CC1(O)CCOCC1. The van der Waals surface area contributed by atoms with Crippen molar-refractivity contribution >= 4 is 0 Å². The maximum Gasteiger partial charge on any atom is 0.127 e. The highest BCUT2D eigenvalue weighted by atomic mass is 19.1. The summed E-state index contributed by atoms with van der Waals surface area (Å²) in [6.45, 7) is 1.77. The van der Waals surface area contributed by atoms with Crippen LogP contribution in [0.15, 0.2) is 18.2 Å². The molecule has 1 saturated heterocycles. The maximum absolute atomic E-state index is 13.5. The molecule has 1 aliphatic heterocycles. The third kappa shape index (κ3) is 3.96. The Kier molecular flexibility index (Phi) is 4.50. The molecule has 0 saturated carbocycles. The zero-order valence-electron chi connectivity index (χ0n) is 11.0. The Hall–Kier alpha value is -1.04. The fraction of sp³-hybridized carbons (Fsp3) is 0.571. The van der Waals surface area contributed by atoms with Gasteiger partial charge >= 0.3 is 0 Å². The number of hydrogen-bond acceptors (Lipinski definition) is 3. The van der Waals surface area contributed by atoms with Crippen molar-refractivity contribution < 1.29 is 18.6 Å². The van der Waals surface area contributed by atoms with Gasteiger partial charge < -0.3 is 9.84 Å². The number of aliphatic hydroxyl groups is 1. The molecule has 1 aromatic carbocycles. The molecule has 0 aliphatic carbocycles. The fourth-order valence-corrected chi connectivity index (χ4v) is 2.42. The zero-order valence-corrected chi connectivity index (χ0v) is 11.0. The van der Waals surface area contributed by atoms with Crippen molar-refractivity contribution in [2.45, 2.75) is 25.0 Å². The average Bonchev–Trinajstić information content (AvgIpc) is 2.34. The second-order valence-electron chi connectivity index (χ2n) is 5.24. The van der Waals surface area contributed by atoms with Gasteiger partial charge in [0.1, 0.15) is 11.6 Å². The molecule has 1 N–H and O–H groups in total. The van der Waals surface area contributed by atoms with Crippen LogP contribution in [0, 0.1) is 11.6 Å². The summed E-state index contributed by atoms with van der Waals surface area (Å²) in [7, 11) is 1.79. The lowest BCUT2D eigenvalue weighted by Gasteiger charge is -2.35. The number of nitrogens with zero attached hydrogens (tertiary/aromatic N) is 1. The molecule has 1 aliphatic rings. The number of rotatable bonds is 4. The summed E-state index contributed by atoms with van der Waals surface area (Å²) < 4.78 is 31.8. The summed E-state index contributed by atoms with van der Waals surface area (Å²) >= 11 is 0. The first-order valence-electron chi connectivity index (χ1n) is 6.41. The second-order valence-corrected chi connectivity index (χ2v) is 5.24. The monoisotopic (exact) mass is 271 g/mol. The average molecular weight is 271 g/mol. The molecule has 3 nitrogen and oxygen atoms in total. The Morgan fingerprint density at radius 3 is 2.68 bits per heavy atom. The molecule has 0 spiro atoms.